The van der Waals surface area contributed by atoms with Crippen molar-refractivity contribution in [3.05, 3.63) is 96.6 Å². The third-order valence-electron chi connectivity index (χ3n) is 5.51. The van der Waals surface area contributed by atoms with E-state index in [2.05, 4.69) is 5.32 Å². The smallest absolute Gasteiger partial charge is 0.246 e. The summed E-state index contributed by atoms with van der Waals surface area (Å²) in [5.74, 6) is 1.12. The lowest BCUT2D eigenvalue weighted by atomic mass is 9.95. The molecule has 1 aliphatic heterocycles. The average molecular weight is 427 g/mol. The van der Waals surface area contributed by atoms with Crippen molar-refractivity contribution in [2.45, 2.75) is 12.8 Å². The number of rotatable bonds is 6. The summed E-state index contributed by atoms with van der Waals surface area (Å²) in [6, 6.07) is 26.6. The number of anilines is 1. The highest BCUT2D eigenvalue weighted by Gasteiger charge is 2.27. The predicted molar refractivity (Wildman–Crippen MR) is 126 cm³/mol. The first kappa shape index (κ1) is 21.4. The second-order valence-electron chi connectivity index (χ2n) is 7.74. The summed E-state index contributed by atoms with van der Waals surface area (Å²) in [5, 5.41) is 3.01. The Bertz CT molecular complexity index is 1070. The Morgan fingerprint density at radius 3 is 2.19 bits per heavy atom. The van der Waals surface area contributed by atoms with Crippen LogP contribution >= 0.6 is 0 Å². The minimum Gasteiger partial charge on any atom is -0.455 e. The van der Waals surface area contributed by atoms with E-state index in [4.69, 9.17) is 4.74 Å². The summed E-state index contributed by atoms with van der Waals surface area (Å²) in [4.78, 5) is 27.2. The topological polar surface area (TPSA) is 58.6 Å². The molecule has 2 amide bonds. The zero-order chi connectivity index (χ0) is 22.2. The van der Waals surface area contributed by atoms with Crippen LogP contribution in [0.1, 0.15) is 18.4 Å². The van der Waals surface area contributed by atoms with Crippen molar-refractivity contribution in [2.75, 3.05) is 18.4 Å². The number of benzene rings is 3. The highest BCUT2D eigenvalue weighted by Crippen LogP contribution is 2.30. The Morgan fingerprint density at radius 1 is 0.844 bits per heavy atom. The van der Waals surface area contributed by atoms with Gasteiger partial charge in [0.1, 0.15) is 5.75 Å². The Kier molecular flexibility index (Phi) is 6.98. The van der Waals surface area contributed by atoms with Crippen LogP contribution in [0.2, 0.25) is 0 Å². The normalized spacial score (nSPS) is 14.3. The molecular weight excluding hydrogens is 400 g/mol. The van der Waals surface area contributed by atoms with E-state index in [9.17, 15) is 9.59 Å². The largest absolute Gasteiger partial charge is 0.455 e. The number of carbonyl (C=O) groups excluding carboxylic acids is 2. The summed E-state index contributed by atoms with van der Waals surface area (Å²) in [7, 11) is 0. The number of amides is 2. The third-order valence-corrected chi connectivity index (χ3v) is 5.51. The summed E-state index contributed by atoms with van der Waals surface area (Å²) < 4.78 is 5.93. The van der Waals surface area contributed by atoms with Gasteiger partial charge in [0.2, 0.25) is 11.8 Å². The molecule has 1 aliphatic rings. The van der Waals surface area contributed by atoms with E-state index in [0.29, 0.717) is 43.1 Å². The van der Waals surface area contributed by atoms with Gasteiger partial charge in [-0.15, -0.1) is 0 Å². The molecule has 1 heterocycles. The third kappa shape index (κ3) is 5.64. The molecule has 0 atom stereocenters. The maximum absolute atomic E-state index is 12.9. The van der Waals surface area contributed by atoms with Gasteiger partial charge in [0.25, 0.3) is 0 Å². The van der Waals surface area contributed by atoms with Gasteiger partial charge < -0.3 is 15.0 Å². The van der Waals surface area contributed by atoms with Crippen LogP contribution < -0.4 is 10.1 Å². The van der Waals surface area contributed by atoms with Crippen LogP contribution in [0.4, 0.5) is 5.69 Å². The van der Waals surface area contributed by atoms with Gasteiger partial charge in [-0.1, -0.05) is 60.7 Å². The predicted octanol–water partition coefficient (Wildman–Crippen LogP) is 5.37. The Hall–Kier alpha value is -3.86. The van der Waals surface area contributed by atoms with Gasteiger partial charge in [0, 0.05) is 25.1 Å². The molecule has 0 aromatic heterocycles. The SMILES string of the molecule is O=C(Nc1ccccc1Oc1ccccc1)C1CCN(C(=O)C=Cc2ccccc2)CC1. The first-order chi connectivity index (χ1) is 15.7. The molecule has 0 saturated carbocycles. The lowest BCUT2D eigenvalue weighted by molar-refractivity contribution is -0.130. The maximum Gasteiger partial charge on any atom is 0.246 e. The summed E-state index contributed by atoms with van der Waals surface area (Å²) in [6.07, 6.45) is 4.70. The monoisotopic (exact) mass is 426 g/mol. The first-order valence-electron chi connectivity index (χ1n) is 10.8. The van der Waals surface area contributed by atoms with Gasteiger partial charge in [-0.2, -0.15) is 0 Å². The molecular formula is C27H26N2O3. The zero-order valence-corrected chi connectivity index (χ0v) is 17.8. The molecule has 1 fully saturated rings. The number of piperidine rings is 1. The number of para-hydroxylation sites is 3. The van der Waals surface area contributed by atoms with Crippen molar-refractivity contribution in [3.8, 4) is 11.5 Å². The molecule has 0 radical (unpaired) electrons. The minimum atomic E-state index is -0.137. The molecule has 162 valence electrons. The molecule has 32 heavy (non-hydrogen) atoms. The van der Waals surface area contributed by atoms with Crippen molar-refractivity contribution in [1.82, 2.24) is 4.90 Å². The van der Waals surface area contributed by atoms with Crippen molar-refractivity contribution in [2.24, 2.45) is 5.92 Å². The van der Waals surface area contributed by atoms with Crippen LogP contribution in [0.25, 0.3) is 6.08 Å². The van der Waals surface area contributed by atoms with Gasteiger partial charge in [-0.05, 0) is 48.7 Å². The van der Waals surface area contributed by atoms with E-state index in [1.54, 1.807) is 11.0 Å². The van der Waals surface area contributed by atoms with Gasteiger partial charge in [0.05, 0.1) is 5.69 Å². The second-order valence-corrected chi connectivity index (χ2v) is 7.74. The molecule has 0 aliphatic carbocycles. The Labute approximate surface area is 188 Å². The van der Waals surface area contributed by atoms with E-state index >= 15 is 0 Å². The molecule has 4 rings (SSSR count). The molecule has 5 heteroatoms. The molecule has 0 spiro atoms. The number of nitrogens with one attached hydrogen (secondary N) is 1. The second kappa shape index (κ2) is 10.4. The summed E-state index contributed by atoms with van der Waals surface area (Å²) in [6.45, 7) is 1.14. The van der Waals surface area contributed by atoms with Crippen LogP contribution in [-0.2, 0) is 9.59 Å². The van der Waals surface area contributed by atoms with Crippen molar-refractivity contribution in [1.29, 1.82) is 0 Å². The van der Waals surface area contributed by atoms with Crippen LogP contribution in [0.15, 0.2) is 91.0 Å². The fourth-order valence-electron chi connectivity index (χ4n) is 3.71. The van der Waals surface area contributed by atoms with Gasteiger partial charge >= 0.3 is 0 Å². The van der Waals surface area contributed by atoms with E-state index < -0.39 is 0 Å². The minimum absolute atomic E-state index is 0.0192. The van der Waals surface area contributed by atoms with E-state index in [1.165, 1.54) is 0 Å². The van der Waals surface area contributed by atoms with Crippen molar-refractivity contribution >= 4 is 23.6 Å². The van der Waals surface area contributed by atoms with Crippen LogP contribution in [0, 0.1) is 5.92 Å². The highest BCUT2D eigenvalue weighted by atomic mass is 16.5. The van der Waals surface area contributed by atoms with Crippen molar-refractivity contribution < 1.29 is 14.3 Å². The Balaban J connectivity index is 1.31. The molecule has 0 bridgehead atoms. The first-order valence-corrected chi connectivity index (χ1v) is 10.8. The fraction of sp³-hybridized carbons (Fsp3) is 0.185. The van der Waals surface area contributed by atoms with Gasteiger partial charge in [-0.3, -0.25) is 9.59 Å². The number of hydrogen-bond donors (Lipinski definition) is 1. The van der Waals surface area contributed by atoms with Crippen molar-refractivity contribution in [3.63, 3.8) is 0 Å². The van der Waals surface area contributed by atoms with Crippen LogP contribution in [0.5, 0.6) is 11.5 Å². The molecule has 3 aromatic rings. The molecule has 5 nitrogen and oxygen atoms in total. The molecule has 1 saturated heterocycles. The van der Waals surface area contributed by atoms with Gasteiger partial charge in [-0.25, -0.2) is 0 Å². The van der Waals surface area contributed by atoms with E-state index in [0.717, 1.165) is 5.56 Å². The highest BCUT2D eigenvalue weighted by molar-refractivity contribution is 5.95. The van der Waals surface area contributed by atoms with E-state index in [-0.39, 0.29) is 17.7 Å². The number of nitrogens with zero attached hydrogens (tertiary/aromatic N) is 1. The average Bonchev–Trinajstić information content (AvgIpc) is 2.85. The zero-order valence-electron chi connectivity index (χ0n) is 17.8. The van der Waals surface area contributed by atoms with Gasteiger partial charge in [0.15, 0.2) is 5.75 Å². The quantitative estimate of drug-likeness (QED) is 0.539. The van der Waals surface area contributed by atoms with E-state index in [1.807, 2.05) is 91.0 Å². The number of carbonyl (C=O) groups is 2. The standard InChI is InChI=1S/C27H26N2O3/c30-26(16-15-21-9-3-1-4-10-21)29-19-17-22(18-20-29)27(31)28-24-13-7-8-14-25(24)32-23-11-5-2-6-12-23/h1-16,22H,17-20H2,(H,28,31). The summed E-state index contributed by atoms with van der Waals surface area (Å²) in [5.41, 5.74) is 1.64. The maximum atomic E-state index is 12.9. The lowest BCUT2D eigenvalue weighted by Crippen LogP contribution is -2.40. The number of ether oxygens (including phenoxy) is 1. The molecule has 0 unspecified atom stereocenters. The fourth-order valence-corrected chi connectivity index (χ4v) is 3.71. The molecule has 3 aromatic carbocycles. The number of likely N-dealkylation sites (tertiary alicyclic amines) is 1. The molecule has 1 N–H and O–H groups in total. The Morgan fingerprint density at radius 2 is 1.47 bits per heavy atom. The summed E-state index contributed by atoms with van der Waals surface area (Å²) >= 11 is 0. The lowest BCUT2D eigenvalue weighted by Gasteiger charge is -2.30. The van der Waals surface area contributed by atoms with Crippen LogP contribution in [0.3, 0.4) is 0 Å². The van der Waals surface area contributed by atoms with Crippen LogP contribution in [-0.4, -0.2) is 29.8 Å². The number of hydrogen-bond acceptors (Lipinski definition) is 3.